The maximum absolute atomic E-state index is 9.42. The van der Waals surface area contributed by atoms with Gasteiger partial charge in [0.1, 0.15) is 12.1 Å². The fraction of sp³-hybridized carbons (Fsp3) is 0.0833. The smallest absolute Gasteiger partial charge is 0.292 e. The highest BCUT2D eigenvalue weighted by Gasteiger charge is 2.08. The van der Waals surface area contributed by atoms with Crippen LogP contribution in [0.4, 0.5) is 6.01 Å². The van der Waals surface area contributed by atoms with Crippen molar-refractivity contribution in [2.24, 2.45) is 0 Å². The van der Waals surface area contributed by atoms with Crippen molar-refractivity contribution in [1.82, 2.24) is 9.71 Å². The van der Waals surface area contributed by atoms with Crippen molar-refractivity contribution in [1.29, 1.82) is 0 Å². The lowest BCUT2D eigenvalue weighted by molar-refractivity contribution is 0.0644. The number of nitrogens with two attached hydrogens (primary N) is 1. The Morgan fingerprint density at radius 2 is 1.95 bits per heavy atom. The van der Waals surface area contributed by atoms with Crippen LogP contribution >= 0.6 is 0 Å². The Morgan fingerprint density at radius 1 is 1.21 bits per heavy atom. The van der Waals surface area contributed by atoms with Crippen LogP contribution in [0.3, 0.4) is 0 Å². The molecule has 7 nitrogen and oxygen atoms in total. The monoisotopic (exact) mass is 261 g/mol. The predicted molar refractivity (Wildman–Crippen MR) is 66.5 cm³/mol. The minimum Gasteiger partial charge on any atom is -0.492 e. The van der Waals surface area contributed by atoms with E-state index in [1.54, 1.807) is 18.2 Å². The number of aromatic nitrogens is 2. The number of nitrogens with zero attached hydrogens (tertiary/aromatic N) is 2. The van der Waals surface area contributed by atoms with Crippen LogP contribution in [-0.2, 0) is 6.61 Å². The van der Waals surface area contributed by atoms with Gasteiger partial charge in [0.2, 0.25) is 11.8 Å². The maximum atomic E-state index is 9.42. The van der Waals surface area contributed by atoms with Gasteiger partial charge in [0.25, 0.3) is 6.01 Å². The van der Waals surface area contributed by atoms with Gasteiger partial charge in [-0.2, -0.15) is 4.98 Å². The molecule has 2 heterocycles. The molecule has 0 atom stereocenters. The molecule has 0 fully saturated rings. The van der Waals surface area contributed by atoms with Crippen LogP contribution in [0.5, 0.6) is 11.8 Å². The molecular formula is C12H11N3O4. The minimum absolute atomic E-state index is 0.105. The summed E-state index contributed by atoms with van der Waals surface area (Å²) in [7, 11) is 0. The first-order chi connectivity index (χ1) is 9.13. The third-order valence-electron chi connectivity index (χ3n) is 2.63. The first kappa shape index (κ1) is 11.3. The number of aromatic hydroxyl groups is 2. The molecule has 0 bridgehead atoms. The van der Waals surface area contributed by atoms with Crippen LogP contribution in [0.25, 0.3) is 11.1 Å². The molecule has 98 valence electrons. The number of hydrogen-bond acceptors (Lipinski definition) is 6. The molecule has 0 saturated heterocycles. The average molecular weight is 261 g/mol. The third kappa shape index (κ3) is 2.01. The Hall–Kier alpha value is -2.83. The second-order valence-corrected chi connectivity index (χ2v) is 3.97. The van der Waals surface area contributed by atoms with Crippen molar-refractivity contribution in [2.75, 3.05) is 5.73 Å². The maximum Gasteiger partial charge on any atom is 0.292 e. The van der Waals surface area contributed by atoms with Gasteiger partial charge >= 0.3 is 0 Å². The van der Waals surface area contributed by atoms with Gasteiger partial charge in [-0.3, -0.25) is 0 Å². The van der Waals surface area contributed by atoms with Gasteiger partial charge < -0.3 is 25.2 Å². The Bertz CT molecular complexity index is 712. The predicted octanol–water partition coefficient (Wildman–Crippen LogP) is 1.25. The molecule has 3 aromatic rings. The Balaban J connectivity index is 1.81. The number of hydrogen-bond donors (Lipinski definition) is 3. The SMILES string of the molecule is Nc1nc2cc(COn3c(O)ccc3O)ccc2o1. The third-order valence-corrected chi connectivity index (χ3v) is 2.63. The summed E-state index contributed by atoms with van der Waals surface area (Å²) in [5.41, 5.74) is 7.47. The summed E-state index contributed by atoms with van der Waals surface area (Å²) < 4.78 is 6.08. The number of rotatable bonds is 3. The van der Waals surface area contributed by atoms with Gasteiger partial charge in [0.05, 0.1) is 0 Å². The lowest BCUT2D eigenvalue weighted by Gasteiger charge is -2.08. The van der Waals surface area contributed by atoms with Gasteiger partial charge in [0.15, 0.2) is 5.58 Å². The Kier molecular flexibility index (Phi) is 2.45. The van der Waals surface area contributed by atoms with E-state index >= 15 is 0 Å². The molecule has 0 aliphatic carbocycles. The molecule has 0 aliphatic rings. The summed E-state index contributed by atoms with van der Waals surface area (Å²) in [6, 6.07) is 8.03. The highest BCUT2D eigenvalue weighted by Crippen LogP contribution is 2.21. The van der Waals surface area contributed by atoms with Gasteiger partial charge in [-0.05, 0) is 17.7 Å². The van der Waals surface area contributed by atoms with E-state index in [0.717, 1.165) is 10.3 Å². The van der Waals surface area contributed by atoms with Crippen molar-refractivity contribution in [2.45, 2.75) is 6.61 Å². The Labute approximate surface area is 107 Å². The Morgan fingerprint density at radius 3 is 2.68 bits per heavy atom. The van der Waals surface area contributed by atoms with E-state index in [1.165, 1.54) is 12.1 Å². The fourth-order valence-electron chi connectivity index (χ4n) is 1.75. The lowest BCUT2D eigenvalue weighted by atomic mass is 10.2. The largest absolute Gasteiger partial charge is 0.492 e. The molecule has 0 amide bonds. The van der Waals surface area contributed by atoms with Crippen molar-refractivity contribution >= 4 is 17.1 Å². The van der Waals surface area contributed by atoms with Crippen molar-refractivity contribution < 1.29 is 19.5 Å². The van der Waals surface area contributed by atoms with Gasteiger partial charge in [-0.15, -0.1) is 4.73 Å². The van der Waals surface area contributed by atoms with E-state index in [4.69, 9.17) is 15.0 Å². The summed E-state index contributed by atoms with van der Waals surface area (Å²) in [5.74, 6) is -0.353. The van der Waals surface area contributed by atoms with Gasteiger partial charge in [0, 0.05) is 12.1 Å². The van der Waals surface area contributed by atoms with Crippen molar-refractivity contribution in [3.63, 3.8) is 0 Å². The highest BCUT2D eigenvalue weighted by molar-refractivity contribution is 5.74. The quantitative estimate of drug-likeness (QED) is 0.655. The standard InChI is InChI=1S/C12H11N3O4/c13-12-14-8-5-7(1-2-9(8)19-12)6-18-15-10(16)3-4-11(15)17/h1-5,16-17H,6H2,(H2,13,14). The van der Waals surface area contributed by atoms with E-state index < -0.39 is 0 Å². The molecule has 0 saturated carbocycles. The summed E-state index contributed by atoms with van der Waals surface area (Å²) in [6.07, 6.45) is 0. The number of anilines is 1. The van der Waals surface area contributed by atoms with Crippen LogP contribution in [0, 0.1) is 0 Å². The molecule has 0 aliphatic heterocycles. The summed E-state index contributed by atoms with van der Waals surface area (Å²) in [6.45, 7) is 0.151. The van der Waals surface area contributed by atoms with E-state index in [9.17, 15) is 10.2 Å². The molecule has 7 heteroatoms. The van der Waals surface area contributed by atoms with E-state index in [1.807, 2.05) is 0 Å². The molecule has 0 spiro atoms. The highest BCUT2D eigenvalue weighted by atomic mass is 16.7. The minimum atomic E-state index is -0.177. The molecule has 2 aromatic heterocycles. The van der Waals surface area contributed by atoms with Crippen LogP contribution in [0.15, 0.2) is 34.7 Å². The first-order valence-corrected chi connectivity index (χ1v) is 5.51. The molecule has 1 aromatic carbocycles. The van der Waals surface area contributed by atoms with Crippen LogP contribution in [-0.4, -0.2) is 19.9 Å². The first-order valence-electron chi connectivity index (χ1n) is 5.51. The van der Waals surface area contributed by atoms with Crippen molar-refractivity contribution in [3.05, 3.63) is 35.9 Å². The molecule has 19 heavy (non-hydrogen) atoms. The second kappa shape index (κ2) is 4.13. The van der Waals surface area contributed by atoms with Gasteiger partial charge in [-0.25, -0.2) is 0 Å². The second-order valence-electron chi connectivity index (χ2n) is 3.97. The molecule has 0 radical (unpaired) electrons. The average Bonchev–Trinajstić information content (AvgIpc) is 2.89. The molecule has 3 rings (SSSR count). The topological polar surface area (TPSA) is 107 Å². The molecular weight excluding hydrogens is 250 g/mol. The van der Waals surface area contributed by atoms with Crippen LogP contribution in [0.1, 0.15) is 5.56 Å². The molecule has 0 unspecified atom stereocenters. The zero-order chi connectivity index (χ0) is 13.4. The summed E-state index contributed by atoms with van der Waals surface area (Å²) in [4.78, 5) is 9.28. The number of oxazole rings is 1. The van der Waals surface area contributed by atoms with Crippen LogP contribution < -0.4 is 10.6 Å². The van der Waals surface area contributed by atoms with E-state index in [2.05, 4.69) is 4.98 Å². The number of fused-ring (bicyclic) bond motifs is 1. The summed E-state index contributed by atoms with van der Waals surface area (Å²) >= 11 is 0. The lowest BCUT2D eigenvalue weighted by Crippen LogP contribution is -2.09. The zero-order valence-corrected chi connectivity index (χ0v) is 9.78. The van der Waals surface area contributed by atoms with Crippen molar-refractivity contribution in [3.8, 4) is 11.8 Å². The van der Waals surface area contributed by atoms with Gasteiger partial charge in [-0.1, -0.05) is 6.07 Å². The van der Waals surface area contributed by atoms with E-state index in [-0.39, 0.29) is 24.4 Å². The molecule has 4 N–H and O–H groups in total. The van der Waals surface area contributed by atoms with E-state index in [0.29, 0.717) is 11.1 Å². The number of benzene rings is 1. The number of nitrogen functional groups attached to an aromatic ring is 1. The summed E-state index contributed by atoms with van der Waals surface area (Å²) in [5, 5.41) is 18.8. The van der Waals surface area contributed by atoms with Crippen LogP contribution in [0.2, 0.25) is 0 Å². The zero-order valence-electron chi connectivity index (χ0n) is 9.78. The normalized spacial score (nSPS) is 10.9. The fourth-order valence-corrected chi connectivity index (χ4v) is 1.75.